The Bertz CT molecular complexity index is 709. The molecule has 2 heterocycles. The molecule has 1 aromatic rings. The number of ether oxygens (including phenoxy) is 2. The second-order valence-electron chi connectivity index (χ2n) is 9.15. The fraction of sp³-hybridized carbons (Fsp3) is 0.636. The van der Waals surface area contributed by atoms with Crippen molar-refractivity contribution in [2.24, 2.45) is 0 Å². The highest BCUT2D eigenvalue weighted by Gasteiger charge is 2.43. The summed E-state index contributed by atoms with van der Waals surface area (Å²) in [4.78, 5) is 28.6. The van der Waals surface area contributed by atoms with Gasteiger partial charge in [-0.05, 0) is 46.1 Å². The van der Waals surface area contributed by atoms with Crippen molar-refractivity contribution in [2.45, 2.75) is 64.3 Å². The molecule has 0 bridgehead atoms. The van der Waals surface area contributed by atoms with E-state index in [-0.39, 0.29) is 30.4 Å². The van der Waals surface area contributed by atoms with Crippen molar-refractivity contribution in [3.8, 4) is 0 Å². The Morgan fingerprint density at radius 2 is 1.79 bits per heavy atom. The molecule has 29 heavy (non-hydrogen) atoms. The Kier molecular flexibility index (Phi) is 6.36. The highest BCUT2D eigenvalue weighted by molar-refractivity contribution is 5.69. The first-order valence-corrected chi connectivity index (χ1v) is 10.4. The monoisotopic (exact) mass is 403 g/mol. The van der Waals surface area contributed by atoms with Gasteiger partial charge in [-0.2, -0.15) is 0 Å². The minimum Gasteiger partial charge on any atom is -0.445 e. The van der Waals surface area contributed by atoms with Gasteiger partial charge in [0.15, 0.2) is 0 Å². The predicted octanol–water partition coefficient (Wildman–Crippen LogP) is 3.39. The second-order valence-corrected chi connectivity index (χ2v) is 9.15. The first kappa shape index (κ1) is 21.4. The van der Waals surface area contributed by atoms with Crippen LogP contribution in [-0.2, 0) is 16.1 Å². The summed E-state index contributed by atoms with van der Waals surface area (Å²) in [5.41, 5.74) is 0.283. The standard InChI is InChI=1S/C22H33N3O4/c1-17-14-23-22(16-25(17)20(27)29-21(2,3)4)10-12-24(13-11-22)19(26)28-15-18-8-6-5-7-9-18/h5-9,17,23H,10-16H2,1-4H3. The Hall–Kier alpha value is -2.28. The van der Waals surface area contributed by atoms with Gasteiger partial charge >= 0.3 is 12.2 Å². The number of carbonyl (C=O) groups excluding carboxylic acids is 2. The molecule has 1 atom stereocenters. The number of nitrogens with zero attached hydrogens (tertiary/aromatic N) is 2. The van der Waals surface area contributed by atoms with Crippen LogP contribution >= 0.6 is 0 Å². The van der Waals surface area contributed by atoms with Crippen molar-refractivity contribution in [3.63, 3.8) is 0 Å². The van der Waals surface area contributed by atoms with Gasteiger partial charge in [0, 0.05) is 37.8 Å². The lowest BCUT2D eigenvalue weighted by molar-refractivity contribution is -0.00996. The van der Waals surface area contributed by atoms with Crippen molar-refractivity contribution in [3.05, 3.63) is 35.9 Å². The van der Waals surface area contributed by atoms with E-state index in [1.165, 1.54) is 0 Å². The van der Waals surface area contributed by atoms with Crippen LogP contribution in [0.15, 0.2) is 30.3 Å². The second kappa shape index (κ2) is 8.61. The molecule has 1 N–H and O–H groups in total. The van der Waals surface area contributed by atoms with Crippen LogP contribution in [-0.4, -0.2) is 65.3 Å². The van der Waals surface area contributed by atoms with E-state index in [2.05, 4.69) is 5.32 Å². The molecule has 0 aliphatic carbocycles. The van der Waals surface area contributed by atoms with Crippen LogP contribution in [0.5, 0.6) is 0 Å². The normalized spacial score (nSPS) is 21.7. The Labute approximate surface area is 173 Å². The molecule has 2 fully saturated rings. The lowest BCUT2D eigenvalue weighted by Crippen LogP contribution is -2.68. The fourth-order valence-corrected chi connectivity index (χ4v) is 3.84. The molecule has 0 saturated carbocycles. The van der Waals surface area contributed by atoms with Crippen molar-refractivity contribution in [1.29, 1.82) is 0 Å². The Balaban J connectivity index is 1.53. The van der Waals surface area contributed by atoms with Crippen LogP contribution in [0.25, 0.3) is 0 Å². The number of benzene rings is 1. The molecule has 1 spiro atoms. The van der Waals surface area contributed by atoms with Crippen LogP contribution in [0.3, 0.4) is 0 Å². The lowest BCUT2D eigenvalue weighted by atomic mass is 9.84. The molecule has 7 nitrogen and oxygen atoms in total. The molecule has 3 rings (SSSR count). The maximum absolute atomic E-state index is 12.6. The molecule has 2 amide bonds. The lowest BCUT2D eigenvalue weighted by Gasteiger charge is -2.50. The zero-order chi connectivity index (χ0) is 21.1. The fourth-order valence-electron chi connectivity index (χ4n) is 3.84. The molecule has 2 saturated heterocycles. The number of hydrogen-bond acceptors (Lipinski definition) is 5. The van der Waals surface area contributed by atoms with E-state index in [0.29, 0.717) is 19.6 Å². The zero-order valence-corrected chi connectivity index (χ0v) is 17.9. The molecule has 1 aromatic carbocycles. The molecule has 7 heteroatoms. The molecule has 1 unspecified atom stereocenters. The minimum absolute atomic E-state index is 0.0735. The summed E-state index contributed by atoms with van der Waals surface area (Å²) in [6.45, 7) is 10.5. The third kappa shape index (κ3) is 5.63. The number of carbonyl (C=O) groups is 2. The Morgan fingerprint density at radius 1 is 1.14 bits per heavy atom. The van der Waals surface area contributed by atoms with Crippen LogP contribution in [0.1, 0.15) is 46.1 Å². The van der Waals surface area contributed by atoms with Gasteiger partial charge in [-0.15, -0.1) is 0 Å². The van der Waals surface area contributed by atoms with Crippen molar-refractivity contribution in [2.75, 3.05) is 26.2 Å². The summed E-state index contributed by atoms with van der Waals surface area (Å²) < 4.78 is 11.0. The van der Waals surface area contributed by atoms with Crippen molar-refractivity contribution in [1.82, 2.24) is 15.1 Å². The molecule has 160 valence electrons. The maximum Gasteiger partial charge on any atom is 0.410 e. The van der Waals surface area contributed by atoms with Gasteiger partial charge in [0.1, 0.15) is 12.2 Å². The van der Waals surface area contributed by atoms with Gasteiger partial charge in [0.25, 0.3) is 0 Å². The van der Waals surface area contributed by atoms with E-state index < -0.39 is 5.60 Å². The number of piperidine rings is 1. The van der Waals surface area contributed by atoms with E-state index in [4.69, 9.17) is 9.47 Å². The van der Waals surface area contributed by atoms with E-state index in [1.807, 2.05) is 62.9 Å². The van der Waals surface area contributed by atoms with E-state index >= 15 is 0 Å². The SMILES string of the molecule is CC1CNC2(CCN(C(=O)OCc3ccccc3)CC2)CN1C(=O)OC(C)(C)C. The van der Waals surface area contributed by atoms with E-state index in [1.54, 1.807) is 4.90 Å². The highest BCUT2D eigenvalue weighted by Crippen LogP contribution is 2.29. The van der Waals surface area contributed by atoms with Gasteiger partial charge in [0.05, 0.1) is 0 Å². The van der Waals surface area contributed by atoms with E-state index in [9.17, 15) is 9.59 Å². The molecule has 0 aromatic heterocycles. The van der Waals surface area contributed by atoms with Crippen LogP contribution in [0.2, 0.25) is 0 Å². The van der Waals surface area contributed by atoms with Crippen LogP contribution < -0.4 is 5.32 Å². The van der Waals surface area contributed by atoms with E-state index in [0.717, 1.165) is 24.9 Å². The number of amides is 2. The quantitative estimate of drug-likeness (QED) is 0.820. The van der Waals surface area contributed by atoms with Crippen molar-refractivity contribution < 1.29 is 19.1 Å². The van der Waals surface area contributed by atoms with Gasteiger partial charge in [-0.25, -0.2) is 9.59 Å². The molecular weight excluding hydrogens is 370 g/mol. The van der Waals surface area contributed by atoms with Crippen LogP contribution in [0.4, 0.5) is 9.59 Å². The largest absolute Gasteiger partial charge is 0.445 e. The predicted molar refractivity (Wildman–Crippen MR) is 111 cm³/mol. The topological polar surface area (TPSA) is 71.1 Å². The Morgan fingerprint density at radius 3 is 2.41 bits per heavy atom. The molecule has 2 aliphatic heterocycles. The first-order valence-electron chi connectivity index (χ1n) is 10.4. The highest BCUT2D eigenvalue weighted by atomic mass is 16.6. The molecule has 0 radical (unpaired) electrons. The molecular formula is C22H33N3O4. The summed E-state index contributed by atoms with van der Waals surface area (Å²) in [6, 6.07) is 9.76. The van der Waals surface area contributed by atoms with Gasteiger partial charge in [-0.1, -0.05) is 30.3 Å². The minimum atomic E-state index is -0.513. The number of likely N-dealkylation sites (tertiary alicyclic amines) is 1. The smallest absolute Gasteiger partial charge is 0.410 e. The summed E-state index contributed by atoms with van der Waals surface area (Å²) >= 11 is 0. The zero-order valence-electron chi connectivity index (χ0n) is 17.9. The average Bonchev–Trinajstić information content (AvgIpc) is 2.68. The summed E-state index contributed by atoms with van der Waals surface area (Å²) in [5.74, 6) is 0. The number of rotatable bonds is 2. The summed E-state index contributed by atoms with van der Waals surface area (Å²) in [5, 5.41) is 3.62. The van der Waals surface area contributed by atoms with Gasteiger partial charge in [-0.3, -0.25) is 0 Å². The summed E-state index contributed by atoms with van der Waals surface area (Å²) in [7, 11) is 0. The van der Waals surface area contributed by atoms with Gasteiger partial charge < -0.3 is 24.6 Å². The van der Waals surface area contributed by atoms with Crippen molar-refractivity contribution >= 4 is 12.2 Å². The third-order valence-corrected chi connectivity index (χ3v) is 5.59. The van der Waals surface area contributed by atoms with Crippen LogP contribution in [0, 0.1) is 0 Å². The summed E-state index contributed by atoms with van der Waals surface area (Å²) in [6.07, 6.45) is 1.01. The number of nitrogens with one attached hydrogen (secondary N) is 1. The molecule has 2 aliphatic rings. The van der Waals surface area contributed by atoms with Gasteiger partial charge in [0.2, 0.25) is 0 Å². The number of hydrogen-bond donors (Lipinski definition) is 1. The maximum atomic E-state index is 12.6. The first-order chi connectivity index (χ1) is 13.7. The average molecular weight is 404 g/mol. The number of piperazine rings is 1. The third-order valence-electron chi connectivity index (χ3n) is 5.59.